The first-order valence-corrected chi connectivity index (χ1v) is 7.93. The van der Waals surface area contributed by atoms with Crippen LogP contribution in [0.15, 0.2) is 59.6 Å². The van der Waals surface area contributed by atoms with E-state index < -0.39 is 0 Å². The number of hydrogen-bond donors (Lipinski definition) is 1. The molecule has 1 aromatic heterocycles. The summed E-state index contributed by atoms with van der Waals surface area (Å²) in [6.45, 7) is 0. The van der Waals surface area contributed by atoms with E-state index in [0.717, 1.165) is 22.0 Å². The van der Waals surface area contributed by atoms with Crippen molar-refractivity contribution in [1.29, 1.82) is 0 Å². The first-order chi connectivity index (χ1) is 12.2. The number of aromatic hydroxyl groups is 1. The van der Waals surface area contributed by atoms with E-state index in [0.29, 0.717) is 17.1 Å². The van der Waals surface area contributed by atoms with Gasteiger partial charge in [0.15, 0.2) is 0 Å². The highest BCUT2D eigenvalue weighted by molar-refractivity contribution is 6.05. The zero-order chi connectivity index (χ0) is 17.4. The molecule has 0 atom stereocenters. The summed E-state index contributed by atoms with van der Waals surface area (Å²) in [7, 11) is 3.55. The normalized spacial score (nSPS) is 11.6. The van der Waals surface area contributed by atoms with Crippen LogP contribution in [0.2, 0.25) is 0 Å². The molecule has 4 rings (SSSR count). The van der Waals surface area contributed by atoms with E-state index in [1.54, 1.807) is 25.5 Å². The van der Waals surface area contributed by atoms with E-state index in [2.05, 4.69) is 9.98 Å². The van der Waals surface area contributed by atoms with E-state index in [1.807, 2.05) is 54.1 Å². The lowest BCUT2D eigenvalue weighted by Gasteiger charge is -2.09. The number of ether oxygens (including phenoxy) is 1. The summed E-state index contributed by atoms with van der Waals surface area (Å²) in [5.74, 6) is 1.52. The molecule has 5 heteroatoms. The molecule has 0 saturated carbocycles. The molecule has 0 bridgehead atoms. The third-order valence-electron chi connectivity index (χ3n) is 4.31. The molecule has 0 aliphatic rings. The maximum absolute atomic E-state index is 10.3. The molecule has 0 fully saturated rings. The third-order valence-corrected chi connectivity index (χ3v) is 4.31. The molecule has 1 N–H and O–H groups in total. The van der Waals surface area contributed by atoms with Crippen LogP contribution in [0.5, 0.6) is 11.5 Å². The Morgan fingerprint density at radius 3 is 2.72 bits per heavy atom. The predicted molar refractivity (Wildman–Crippen MR) is 100 cm³/mol. The maximum Gasteiger partial charge on any atom is 0.230 e. The van der Waals surface area contributed by atoms with Crippen molar-refractivity contribution in [3.05, 3.63) is 60.2 Å². The standard InChI is InChI=1S/C20H17N3O2/c1-23-16-8-4-3-7-15(16)22-20(23)21-12-13-10-11-18(25-2)14-6-5-9-17(24)19(13)14/h3-12,24H,1-2H3/b21-12+. The Bertz CT molecular complexity index is 1110. The minimum atomic E-state index is 0.197. The number of aromatic nitrogens is 2. The monoisotopic (exact) mass is 331 g/mol. The Morgan fingerprint density at radius 1 is 1.08 bits per heavy atom. The summed E-state index contributed by atoms with van der Waals surface area (Å²) >= 11 is 0. The number of hydrogen-bond acceptors (Lipinski definition) is 4. The lowest BCUT2D eigenvalue weighted by Crippen LogP contribution is -1.91. The van der Waals surface area contributed by atoms with Crippen molar-refractivity contribution in [1.82, 2.24) is 9.55 Å². The average Bonchev–Trinajstić information content (AvgIpc) is 2.96. The van der Waals surface area contributed by atoms with Crippen molar-refractivity contribution in [2.24, 2.45) is 12.0 Å². The number of methoxy groups -OCH3 is 1. The molecule has 1 heterocycles. The highest BCUT2D eigenvalue weighted by atomic mass is 16.5. The second-order valence-corrected chi connectivity index (χ2v) is 5.77. The molecule has 0 unspecified atom stereocenters. The van der Waals surface area contributed by atoms with Crippen LogP contribution < -0.4 is 4.74 Å². The molecule has 5 nitrogen and oxygen atoms in total. The SMILES string of the molecule is COc1ccc(/C=N/c2nc3ccccc3n2C)c2c(O)cccc12. The third kappa shape index (κ3) is 2.50. The molecular weight excluding hydrogens is 314 g/mol. The molecule has 0 aliphatic heterocycles. The van der Waals surface area contributed by atoms with Gasteiger partial charge in [0.25, 0.3) is 0 Å². The Morgan fingerprint density at radius 2 is 1.92 bits per heavy atom. The van der Waals surface area contributed by atoms with Crippen LogP contribution in [0.4, 0.5) is 5.95 Å². The van der Waals surface area contributed by atoms with Crippen LogP contribution in [0.1, 0.15) is 5.56 Å². The topological polar surface area (TPSA) is 59.6 Å². The van der Waals surface area contributed by atoms with Gasteiger partial charge in [0.05, 0.1) is 18.1 Å². The van der Waals surface area contributed by atoms with Crippen molar-refractivity contribution >= 4 is 34.0 Å². The maximum atomic E-state index is 10.3. The van der Waals surface area contributed by atoms with Crippen LogP contribution in [0.3, 0.4) is 0 Å². The fourth-order valence-corrected chi connectivity index (χ4v) is 3.05. The van der Waals surface area contributed by atoms with Crippen molar-refractivity contribution in [3.8, 4) is 11.5 Å². The quantitative estimate of drug-likeness (QED) is 0.573. The second kappa shape index (κ2) is 5.94. The molecule has 0 radical (unpaired) electrons. The number of para-hydroxylation sites is 2. The number of phenols is 1. The zero-order valence-electron chi connectivity index (χ0n) is 14.0. The van der Waals surface area contributed by atoms with Crippen molar-refractivity contribution in [2.45, 2.75) is 0 Å². The van der Waals surface area contributed by atoms with Crippen molar-refractivity contribution in [2.75, 3.05) is 7.11 Å². The Balaban J connectivity index is 1.85. The van der Waals surface area contributed by atoms with Gasteiger partial charge in [-0.2, -0.15) is 0 Å². The minimum Gasteiger partial charge on any atom is -0.507 e. The van der Waals surface area contributed by atoms with Crippen molar-refractivity contribution < 1.29 is 9.84 Å². The molecule has 0 aliphatic carbocycles. The number of aryl methyl sites for hydroxylation is 1. The van der Waals surface area contributed by atoms with Gasteiger partial charge in [0.1, 0.15) is 11.5 Å². The predicted octanol–water partition coefficient (Wildman–Crippen LogP) is 4.19. The fraction of sp³-hybridized carbons (Fsp3) is 0.100. The lowest BCUT2D eigenvalue weighted by atomic mass is 10.0. The highest BCUT2D eigenvalue weighted by Crippen LogP contribution is 2.34. The Labute approximate surface area is 144 Å². The number of phenolic OH excluding ortho intramolecular Hbond substituents is 1. The van der Waals surface area contributed by atoms with E-state index in [4.69, 9.17) is 4.74 Å². The number of fused-ring (bicyclic) bond motifs is 2. The zero-order valence-corrected chi connectivity index (χ0v) is 14.0. The number of benzene rings is 3. The minimum absolute atomic E-state index is 0.197. The summed E-state index contributed by atoms with van der Waals surface area (Å²) in [6, 6.07) is 17.0. The first-order valence-electron chi connectivity index (χ1n) is 7.93. The van der Waals surface area contributed by atoms with Gasteiger partial charge in [-0.25, -0.2) is 9.98 Å². The van der Waals surface area contributed by atoms with E-state index in [-0.39, 0.29) is 5.75 Å². The van der Waals surface area contributed by atoms with Crippen LogP contribution >= 0.6 is 0 Å². The lowest BCUT2D eigenvalue weighted by molar-refractivity contribution is 0.419. The number of rotatable bonds is 3. The van der Waals surface area contributed by atoms with Gasteiger partial charge >= 0.3 is 0 Å². The van der Waals surface area contributed by atoms with Gasteiger partial charge in [0, 0.05) is 29.6 Å². The van der Waals surface area contributed by atoms with Gasteiger partial charge in [0.2, 0.25) is 5.95 Å². The van der Waals surface area contributed by atoms with Gasteiger partial charge in [-0.15, -0.1) is 0 Å². The summed E-state index contributed by atoms with van der Waals surface area (Å²) < 4.78 is 7.33. The smallest absolute Gasteiger partial charge is 0.230 e. The van der Waals surface area contributed by atoms with Crippen LogP contribution in [0.25, 0.3) is 21.8 Å². The van der Waals surface area contributed by atoms with Crippen LogP contribution in [0, 0.1) is 0 Å². The highest BCUT2D eigenvalue weighted by Gasteiger charge is 2.10. The van der Waals surface area contributed by atoms with Gasteiger partial charge in [-0.05, 0) is 30.3 Å². The van der Waals surface area contributed by atoms with E-state index in [9.17, 15) is 5.11 Å². The molecule has 3 aromatic carbocycles. The molecule has 0 amide bonds. The average molecular weight is 331 g/mol. The Kier molecular flexibility index (Phi) is 3.61. The molecule has 0 spiro atoms. The van der Waals surface area contributed by atoms with Gasteiger partial charge in [-0.1, -0.05) is 24.3 Å². The fourth-order valence-electron chi connectivity index (χ4n) is 3.05. The molecule has 0 saturated heterocycles. The summed E-state index contributed by atoms with van der Waals surface area (Å²) in [6.07, 6.45) is 1.72. The number of imidazole rings is 1. The molecule has 25 heavy (non-hydrogen) atoms. The summed E-state index contributed by atoms with van der Waals surface area (Å²) in [5, 5.41) is 11.9. The molecule has 124 valence electrons. The number of nitrogens with zero attached hydrogens (tertiary/aromatic N) is 3. The summed E-state index contributed by atoms with van der Waals surface area (Å²) in [5.41, 5.74) is 2.73. The largest absolute Gasteiger partial charge is 0.507 e. The van der Waals surface area contributed by atoms with Crippen molar-refractivity contribution in [3.63, 3.8) is 0 Å². The van der Waals surface area contributed by atoms with E-state index >= 15 is 0 Å². The van der Waals surface area contributed by atoms with Crippen LogP contribution in [-0.2, 0) is 7.05 Å². The summed E-state index contributed by atoms with van der Waals surface area (Å²) in [4.78, 5) is 9.08. The first kappa shape index (κ1) is 15.2. The molecule has 4 aromatic rings. The molecular formula is C20H17N3O2. The van der Waals surface area contributed by atoms with Gasteiger partial charge in [-0.3, -0.25) is 0 Å². The van der Waals surface area contributed by atoms with Gasteiger partial charge < -0.3 is 14.4 Å². The Hall–Kier alpha value is -3.34. The van der Waals surface area contributed by atoms with E-state index in [1.165, 1.54) is 0 Å². The van der Waals surface area contributed by atoms with Crippen LogP contribution in [-0.4, -0.2) is 28.0 Å². The number of aliphatic imine (C=N–C) groups is 1. The second-order valence-electron chi connectivity index (χ2n) is 5.77.